The van der Waals surface area contributed by atoms with Gasteiger partial charge in [0.05, 0.1) is 5.92 Å². The smallest absolute Gasteiger partial charge is 0.321 e. The number of aryl methyl sites for hydroxylation is 1. The first-order valence-corrected chi connectivity index (χ1v) is 6.40. The van der Waals surface area contributed by atoms with Crippen LogP contribution in [-0.4, -0.2) is 35.1 Å². The van der Waals surface area contributed by atoms with E-state index < -0.39 is 23.7 Å². The fourth-order valence-corrected chi connectivity index (χ4v) is 1.69. The summed E-state index contributed by atoms with van der Waals surface area (Å²) in [5.74, 6) is -2.06. The van der Waals surface area contributed by atoms with Crippen molar-refractivity contribution in [1.82, 2.24) is 4.90 Å². The summed E-state index contributed by atoms with van der Waals surface area (Å²) in [4.78, 5) is 24.3. The summed E-state index contributed by atoms with van der Waals surface area (Å²) in [6.45, 7) is 5.52. The highest BCUT2D eigenvalue weighted by Crippen LogP contribution is 2.16. The van der Waals surface area contributed by atoms with Crippen molar-refractivity contribution >= 4 is 17.7 Å². The largest absolute Gasteiger partial charge is 0.481 e. The van der Waals surface area contributed by atoms with Crippen LogP contribution in [0.25, 0.3) is 0 Å². The summed E-state index contributed by atoms with van der Waals surface area (Å²) >= 11 is 0. The summed E-state index contributed by atoms with van der Waals surface area (Å²) < 4.78 is 13.2. The van der Waals surface area contributed by atoms with E-state index in [2.05, 4.69) is 5.32 Å². The molecule has 0 saturated heterocycles. The molecule has 2 N–H and O–H groups in total. The molecule has 0 aliphatic carbocycles. The number of aliphatic carboxylic acids is 1. The van der Waals surface area contributed by atoms with Gasteiger partial charge in [0, 0.05) is 18.8 Å². The lowest BCUT2D eigenvalue weighted by Gasteiger charge is -2.23. The quantitative estimate of drug-likeness (QED) is 0.872. The van der Waals surface area contributed by atoms with E-state index in [4.69, 9.17) is 5.11 Å². The Kier molecular flexibility index (Phi) is 5.49. The van der Waals surface area contributed by atoms with Crippen molar-refractivity contribution in [2.75, 3.05) is 18.4 Å². The zero-order chi connectivity index (χ0) is 15.3. The number of anilines is 1. The summed E-state index contributed by atoms with van der Waals surface area (Å²) in [6.07, 6.45) is 0. The summed E-state index contributed by atoms with van der Waals surface area (Å²) in [6, 6.07) is 3.69. The Bertz CT molecular complexity index is 505. The fraction of sp³-hybridized carbons (Fsp3) is 0.429. The number of amides is 2. The molecule has 1 rings (SSSR count). The van der Waals surface area contributed by atoms with Gasteiger partial charge in [-0.25, -0.2) is 9.18 Å². The lowest BCUT2D eigenvalue weighted by Crippen LogP contribution is -2.39. The average Bonchev–Trinajstić information content (AvgIpc) is 2.39. The molecule has 1 unspecified atom stereocenters. The van der Waals surface area contributed by atoms with Crippen LogP contribution in [0.4, 0.5) is 14.9 Å². The molecule has 110 valence electrons. The maximum atomic E-state index is 13.2. The Morgan fingerprint density at radius 3 is 2.65 bits per heavy atom. The van der Waals surface area contributed by atoms with Crippen molar-refractivity contribution < 1.29 is 19.1 Å². The molecule has 1 atom stereocenters. The molecule has 20 heavy (non-hydrogen) atoms. The van der Waals surface area contributed by atoms with Gasteiger partial charge in [0.2, 0.25) is 0 Å². The highest BCUT2D eigenvalue weighted by atomic mass is 19.1. The average molecular weight is 282 g/mol. The third-order valence-electron chi connectivity index (χ3n) is 3.03. The molecule has 0 aromatic heterocycles. The molecule has 5 nitrogen and oxygen atoms in total. The third-order valence-corrected chi connectivity index (χ3v) is 3.03. The Balaban J connectivity index is 2.77. The third kappa shape index (κ3) is 4.22. The van der Waals surface area contributed by atoms with E-state index in [-0.39, 0.29) is 6.54 Å². The van der Waals surface area contributed by atoms with Gasteiger partial charge in [0.1, 0.15) is 5.82 Å². The van der Waals surface area contributed by atoms with Crippen LogP contribution >= 0.6 is 0 Å². The van der Waals surface area contributed by atoms with Gasteiger partial charge in [-0.15, -0.1) is 0 Å². The highest BCUT2D eigenvalue weighted by Gasteiger charge is 2.19. The van der Waals surface area contributed by atoms with Gasteiger partial charge in [0.15, 0.2) is 0 Å². The van der Waals surface area contributed by atoms with Gasteiger partial charge in [-0.2, -0.15) is 0 Å². The number of carbonyl (C=O) groups is 2. The highest BCUT2D eigenvalue weighted by molar-refractivity contribution is 5.90. The van der Waals surface area contributed by atoms with Gasteiger partial charge >= 0.3 is 12.0 Å². The van der Waals surface area contributed by atoms with E-state index in [1.165, 1.54) is 24.0 Å². The molecule has 0 spiro atoms. The maximum absolute atomic E-state index is 13.2. The first kappa shape index (κ1) is 15.9. The van der Waals surface area contributed by atoms with Crippen LogP contribution in [0.1, 0.15) is 19.4 Å². The maximum Gasteiger partial charge on any atom is 0.321 e. The minimum Gasteiger partial charge on any atom is -0.481 e. The van der Waals surface area contributed by atoms with Crippen LogP contribution in [0.3, 0.4) is 0 Å². The van der Waals surface area contributed by atoms with Crippen LogP contribution in [0.5, 0.6) is 0 Å². The number of carboxylic acids is 1. The molecule has 1 aromatic carbocycles. The second-order valence-corrected chi connectivity index (χ2v) is 4.67. The van der Waals surface area contributed by atoms with Crippen LogP contribution in [0.2, 0.25) is 0 Å². The zero-order valence-electron chi connectivity index (χ0n) is 11.8. The van der Waals surface area contributed by atoms with E-state index in [1.54, 1.807) is 19.9 Å². The van der Waals surface area contributed by atoms with Crippen LogP contribution in [0, 0.1) is 18.7 Å². The first-order chi connectivity index (χ1) is 9.35. The van der Waals surface area contributed by atoms with E-state index in [0.717, 1.165) is 5.56 Å². The van der Waals surface area contributed by atoms with Crippen molar-refractivity contribution in [1.29, 1.82) is 0 Å². The molecule has 1 aromatic rings. The second-order valence-electron chi connectivity index (χ2n) is 4.67. The Hall–Kier alpha value is -2.11. The molecular weight excluding hydrogens is 263 g/mol. The van der Waals surface area contributed by atoms with Gasteiger partial charge in [-0.3, -0.25) is 4.79 Å². The molecule has 0 bridgehead atoms. The number of benzene rings is 1. The molecule has 0 heterocycles. The number of carbonyl (C=O) groups excluding carboxylic acids is 1. The lowest BCUT2D eigenvalue weighted by atomic mass is 10.1. The van der Waals surface area contributed by atoms with Crippen molar-refractivity contribution in [2.24, 2.45) is 5.92 Å². The zero-order valence-corrected chi connectivity index (χ0v) is 11.8. The number of hydrogen-bond donors (Lipinski definition) is 2. The molecule has 0 saturated carbocycles. The molecule has 0 fully saturated rings. The summed E-state index contributed by atoms with van der Waals surface area (Å²) in [5, 5.41) is 11.5. The van der Waals surface area contributed by atoms with Crippen molar-refractivity contribution in [2.45, 2.75) is 20.8 Å². The monoisotopic (exact) mass is 282 g/mol. The minimum absolute atomic E-state index is 0.103. The summed E-state index contributed by atoms with van der Waals surface area (Å²) in [5.41, 5.74) is 1.12. The molecule has 2 amide bonds. The van der Waals surface area contributed by atoms with E-state index in [9.17, 15) is 14.0 Å². The second kappa shape index (κ2) is 6.88. The van der Waals surface area contributed by atoms with Crippen LogP contribution in [-0.2, 0) is 4.79 Å². The number of urea groups is 1. The minimum atomic E-state index is -0.960. The van der Waals surface area contributed by atoms with Crippen LogP contribution < -0.4 is 5.32 Å². The Morgan fingerprint density at radius 1 is 1.45 bits per heavy atom. The predicted molar refractivity (Wildman–Crippen MR) is 74.2 cm³/mol. The van der Waals surface area contributed by atoms with E-state index in [0.29, 0.717) is 12.2 Å². The van der Waals surface area contributed by atoms with Crippen LogP contribution in [0.15, 0.2) is 18.2 Å². The van der Waals surface area contributed by atoms with Crippen molar-refractivity contribution in [3.05, 3.63) is 29.6 Å². The normalized spacial score (nSPS) is 11.8. The van der Waals surface area contributed by atoms with Gasteiger partial charge in [0.25, 0.3) is 0 Å². The van der Waals surface area contributed by atoms with Gasteiger partial charge in [-0.05, 0) is 31.5 Å². The molecule has 0 aliphatic heterocycles. The number of nitrogens with zero attached hydrogens (tertiary/aromatic N) is 1. The molecule has 6 heteroatoms. The van der Waals surface area contributed by atoms with Gasteiger partial charge < -0.3 is 15.3 Å². The van der Waals surface area contributed by atoms with Crippen molar-refractivity contribution in [3.8, 4) is 0 Å². The number of rotatable bonds is 5. The Morgan fingerprint density at radius 2 is 2.10 bits per heavy atom. The molecule has 0 radical (unpaired) electrons. The molecule has 0 aliphatic rings. The van der Waals surface area contributed by atoms with E-state index >= 15 is 0 Å². The number of halogens is 1. The van der Waals surface area contributed by atoms with E-state index in [1.807, 2.05) is 0 Å². The molecular formula is C14H19FN2O3. The lowest BCUT2D eigenvalue weighted by molar-refractivity contribution is -0.141. The van der Waals surface area contributed by atoms with Gasteiger partial charge in [-0.1, -0.05) is 13.0 Å². The Labute approximate surface area is 117 Å². The fourth-order valence-electron chi connectivity index (χ4n) is 1.69. The first-order valence-electron chi connectivity index (χ1n) is 6.40. The number of carboxylic acid groups (broad SMARTS) is 1. The summed E-state index contributed by atoms with van der Waals surface area (Å²) in [7, 11) is 0. The predicted octanol–water partition coefficient (Wildman–Crippen LogP) is 2.71. The van der Waals surface area contributed by atoms with Crippen molar-refractivity contribution in [3.63, 3.8) is 0 Å². The topological polar surface area (TPSA) is 69.6 Å². The number of hydrogen-bond acceptors (Lipinski definition) is 2. The number of nitrogens with one attached hydrogen (secondary N) is 1. The SMILES string of the molecule is CCN(CC(C)C(=O)O)C(=O)Nc1cc(F)ccc1C. The standard InChI is InChI=1S/C14H19FN2O3/c1-4-17(8-10(3)13(18)19)14(20)16-12-7-11(15)6-5-9(12)2/h5-7,10H,4,8H2,1-3H3,(H,16,20)(H,18,19).